The van der Waals surface area contributed by atoms with Crippen LogP contribution in [0.5, 0.6) is 0 Å². The number of hydrogen-bond donors (Lipinski definition) is 1. The minimum absolute atomic E-state index is 0.250. The van der Waals surface area contributed by atoms with E-state index in [1.165, 1.54) is 6.42 Å². The molecule has 1 N–H and O–H groups in total. The summed E-state index contributed by atoms with van der Waals surface area (Å²) in [5, 5.41) is 10.7. The van der Waals surface area contributed by atoms with Crippen LogP contribution in [0.4, 0.5) is 0 Å². The van der Waals surface area contributed by atoms with Crippen LogP contribution in [0.15, 0.2) is 21.2 Å². The van der Waals surface area contributed by atoms with Crippen molar-refractivity contribution in [2.45, 2.75) is 30.9 Å². The molecule has 1 aromatic heterocycles. The summed E-state index contributed by atoms with van der Waals surface area (Å²) >= 11 is 3.44. The molecule has 0 bridgehead atoms. The molecule has 2 aliphatic rings. The molecule has 2 unspecified atom stereocenters. The third kappa shape index (κ3) is 1.31. The van der Waals surface area contributed by atoms with Gasteiger partial charge in [0.05, 0.1) is 10.7 Å². The number of fused-ring (bicyclic) bond motifs is 1. The molecule has 0 spiro atoms. The van der Waals surface area contributed by atoms with Crippen molar-refractivity contribution in [1.82, 2.24) is 4.90 Å². The number of aliphatic hydroxyl groups is 1. The molecule has 0 radical (unpaired) electrons. The van der Waals surface area contributed by atoms with Gasteiger partial charge in [-0.1, -0.05) is 0 Å². The molecular formula is C11H14BrNO2. The number of halogens is 1. The van der Waals surface area contributed by atoms with Crippen molar-refractivity contribution in [3.05, 3.63) is 22.6 Å². The average Bonchev–Trinajstić information content (AvgIpc) is 2.85. The molecule has 3 nitrogen and oxygen atoms in total. The zero-order valence-electron chi connectivity index (χ0n) is 8.45. The van der Waals surface area contributed by atoms with Crippen LogP contribution in [0, 0.1) is 0 Å². The fraction of sp³-hybridized carbons (Fsp3) is 0.636. The Hall–Kier alpha value is -0.320. The molecule has 0 amide bonds. The van der Waals surface area contributed by atoms with Gasteiger partial charge in [0.15, 0.2) is 5.76 Å². The van der Waals surface area contributed by atoms with Crippen molar-refractivity contribution in [2.75, 3.05) is 13.1 Å². The maximum absolute atomic E-state index is 10.7. The van der Waals surface area contributed by atoms with Gasteiger partial charge in [-0.3, -0.25) is 4.90 Å². The average molecular weight is 272 g/mol. The Bertz CT molecular complexity index is 378. The normalized spacial score (nSPS) is 36.0. The van der Waals surface area contributed by atoms with Crippen molar-refractivity contribution in [3.8, 4) is 0 Å². The monoisotopic (exact) mass is 271 g/mol. The van der Waals surface area contributed by atoms with Crippen LogP contribution in [0.25, 0.3) is 0 Å². The van der Waals surface area contributed by atoms with Gasteiger partial charge < -0.3 is 9.52 Å². The predicted octanol–water partition coefficient (Wildman–Crippen LogP) is 2.10. The summed E-state index contributed by atoms with van der Waals surface area (Å²) in [5.41, 5.74) is -0.779. The molecular weight excluding hydrogens is 258 g/mol. The quantitative estimate of drug-likeness (QED) is 0.850. The van der Waals surface area contributed by atoms with E-state index in [-0.39, 0.29) is 6.04 Å². The van der Waals surface area contributed by atoms with Crippen molar-refractivity contribution in [3.63, 3.8) is 0 Å². The summed E-state index contributed by atoms with van der Waals surface area (Å²) in [5.74, 6) is 0.705. The van der Waals surface area contributed by atoms with Crippen molar-refractivity contribution in [1.29, 1.82) is 0 Å². The summed E-state index contributed by atoms with van der Waals surface area (Å²) in [6, 6.07) is 2.10. The molecule has 2 saturated heterocycles. The van der Waals surface area contributed by atoms with E-state index in [9.17, 15) is 5.11 Å². The van der Waals surface area contributed by atoms with Crippen molar-refractivity contribution < 1.29 is 9.52 Å². The maximum atomic E-state index is 10.7. The van der Waals surface area contributed by atoms with Crippen molar-refractivity contribution in [2.24, 2.45) is 0 Å². The minimum atomic E-state index is -0.779. The molecule has 2 atom stereocenters. The second-order valence-electron chi connectivity index (χ2n) is 4.47. The van der Waals surface area contributed by atoms with Gasteiger partial charge in [0, 0.05) is 12.6 Å². The summed E-state index contributed by atoms with van der Waals surface area (Å²) in [6.07, 6.45) is 4.67. The van der Waals surface area contributed by atoms with Gasteiger partial charge in [-0.05, 0) is 47.8 Å². The Morgan fingerprint density at radius 3 is 3.13 bits per heavy atom. The molecule has 0 aromatic carbocycles. The number of rotatable bonds is 1. The Labute approximate surface area is 97.2 Å². The van der Waals surface area contributed by atoms with Crippen LogP contribution in [-0.2, 0) is 5.60 Å². The lowest BCUT2D eigenvalue weighted by Crippen LogP contribution is -2.38. The summed E-state index contributed by atoms with van der Waals surface area (Å²) in [6.45, 7) is 2.10. The minimum Gasteiger partial charge on any atom is -0.465 e. The smallest absolute Gasteiger partial charge is 0.151 e. The van der Waals surface area contributed by atoms with Crippen LogP contribution >= 0.6 is 15.9 Å². The topological polar surface area (TPSA) is 36.6 Å². The summed E-state index contributed by atoms with van der Waals surface area (Å²) in [7, 11) is 0. The highest BCUT2D eigenvalue weighted by Gasteiger charge is 2.51. The lowest BCUT2D eigenvalue weighted by molar-refractivity contribution is -0.0109. The van der Waals surface area contributed by atoms with Gasteiger partial charge in [0.25, 0.3) is 0 Å². The maximum Gasteiger partial charge on any atom is 0.151 e. The molecule has 82 valence electrons. The van der Waals surface area contributed by atoms with Crippen LogP contribution in [0.2, 0.25) is 0 Å². The van der Waals surface area contributed by atoms with E-state index in [1.54, 1.807) is 6.26 Å². The first kappa shape index (κ1) is 9.87. The van der Waals surface area contributed by atoms with Gasteiger partial charge in [0.2, 0.25) is 0 Å². The van der Waals surface area contributed by atoms with Gasteiger partial charge in [0.1, 0.15) is 5.60 Å². The highest BCUT2D eigenvalue weighted by molar-refractivity contribution is 9.10. The number of hydrogen-bond acceptors (Lipinski definition) is 3. The SMILES string of the molecule is OC1(c2occc2Br)CCN2CCCC21. The Kier molecular flexibility index (Phi) is 2.20. The van der Waals surface area contributed by atoms with Gasteiger partial charge in [-0.25, -0.2) is 0 Å². The number of nitrogens with zero attached hydrogens (tertiary/aromatic N) is 1. The largest absolute Gasteiger partial charge is 0.465 e. The Morgan fingerprint density at radius 2 is 2.40 bits per heavy atom. The highest BCUT2D eigenvalue weighted by Crippen LogP contribution is 2.45. The van der Waals surface area contributed by atoms with E-state index in [0.29, 0.717) is 5.76 Å². The first-order valence-electron chi connectivity index (χ1n) is 5.42. The fourth-order valence-electron chi connectivity index (χ4n) is 2.98. The zero-order chi connectivity index (χ0) is 10.5. The van der Waals surface area contributed by atoms with E-state index in [0.717, 1.165) is 30.4 Å². The van der Waals surface area contributed by atoms with Crippen molar-refractivity contribution >= 4 is 15.9 Å². The molecule has 3 heterocycles. The molecule has 0 aliphatic carbocycles. The lowest BCUT2D eigenvalue weighted by Gasteiger charge is -2.28. The van der Waals surface area contributed by atoms with Crippen LogP contribution in [0.3, 0.4) is 0 Å². The molecule has 0 saturated carbocycles. The molecule has 2 fully saturated rings. The molecule has 4 heteroatoms. The standard InChI is InChI=1S/C11H14BrNO2/c12-8-3-7-15-10(8)11(14)4-6-13-5-1-2-9(11)13/h3,7,9,14H,1-2,4-6H2. The van der Waals surface area contributed by atoms with E-state index >= 15 is 0 Å². The second-order valence-corrected chi connectivity index (χ2v) is 5.32. The third-order valence-corrected chi connectivity index (χ3v) is 4.33. The first-order valence-corrected chi connectivity index (χ1v) is 6.21. The van der Waals surface area contributed by atoms with Gasteiger partial charge in [-0.15, -0.1) is 0 Å². The Balaban J connectivity index is 2.00. The zero-order valence-corrected chi connectivity index (χ0v) is 10.0. The lowest BCUT2D eigenvalue weighted by atomic mass is 9.90. The molecule has 3 rings (SSSR count). The summed E-state index contributed by atoms with van der Waals surface area (Å²) < 4.78 is 6.32. The summed E-state index contributed by atoms with van der Waals surface area (Å²) in [4.78, 5) is 2.37. The number of furan rings is 1. The molecule has 2 aliphatic heterocycles. The molecule has 15 heavy (non-hydrogen) atoms. The van der Waals surface area contributed by atoms with Gasteiger partial charge >= 0.3 is 0 Å². The van der Waals surface area contributed by atoms with Crippen LogP contribution in [0.1, 0.15) is 25.0 Å². The fourth-order valence-corrected chi connectivity index (χ4v) is 3.53. The van der Waals surface area contributed by atoms with E-state index < -0.39 is 5.60 Å². The Morgan fingerprint density at radius 1 is 1.53 bits per heavy atom. The van der Waals surface area contributed by atoms with Crippen LogP contribution < -0.4 is 0 Å². The van der Waals surface area contributed by atoms with E-state index in [1.807, 2.05) is 6.07 Å². The van der Waals surface area contributed by atoms with Gasteiger partial charge in [-0.2, -0.15) is 0 Å². The first-order chi connectivity index (χ1) is 7.22. The molecule has 1 aromatic rings. The highest BCUT2D eigenvalue weighted by atomic mass is 79.9. The van der Waals surface area contributed by atoms with E-state index in [4.69, 9.17) is 4.42 Å². The predicted molar refractivity (Wildman–Crippen MR) is 59.5 cm³/mol. The van der Waals surface area contributed by atoms with E-state index in [2.05, 4.69) is 20.8 Å². The third-order valence-electron chi connectivity index (χ3n) is 3.71. The van der Waals surface area contributed by atoms with Crippen LogP contribution in [-0.4, -0.2) is 29.1 Å². The second kappa shape index (κ2) is 3.34.